The van der Waals surface area contributed by atoms with Crippen molar-refractivity contribution in [3.05, 3.63) is 0 Å². The van der Waals surface area contributed by atoms with Crippen molar-refractivity contribution in [2.24, 2.45) is 0 Å². The predicted molar refractivity (Wildman–Crippen MR) is 25.8 cm³/mol. The van der Waals surface area contributed by atoms with E-state index in [1.54, 1.807) is 0 Å². The Kier molecular flexibility index (Phi) is 3.13. The van der Waals surface area contributed by atoms with Gasteiger partial charge in [0.2, 0.25) is 0 Å². The van der Waals surface area contributed by atoms with E-state index in [9.17, 15) is 4.79 Å². The first-order chi connectivity index (χ1) is 3.35. The van der Waals surface area contributed by atoms with Crippen molar-refractivity contribution in [3.63, 3.8) is 0 Å². The Balaban J connectivity index is 3.94. The molecule has 36 valence electrons. The Labute approximate surface area is 42.1 Å². The fourth-order valence-corrected chi connectivity index (χ4v) is 0.164. The van der Waals surface area contributed by atoms with E-state index in [1.807, 2.05) is 0 Å². The molecule has 0 fully saturated rings. The number of aldehydes is 1. The van der Waals surface area contributed by atoms with Crippen LogP contribution in [-0.2, 0) is 4.79 Å². The molecular weight excluding hydrogens is 113 g/mol. The lowest BCUT2D eigenvalue weighted by Gasteiger charge is -1.67. The van der Waals surface area contributed by atoms with Crippen LogP contribution in [0.3, 0.4) is 0 Å². The van der Waals surface area contributed by atoms with Gasteiger partial charge >= 0.3 is 0 Å². The molecule has 0 atom stereocenters. The molecular formula is C3H2NO2P. The van der Waals surface area contributed by atoms with Crippen molar-refractivity contribution >= 4 is 20.0 Å². The van der Waals surface area contributed by atoms with Gasteiger partial charge in [0, 0.05) is 0 Å². The molecule has 0 aromatic rings. The van der Waals surface area contributed by atoms with E-state index >= 15 is 0 Å². The van der Waals surface area contributed by atoms with Gasteiger partial charge in [-0.15, -0.1) is 0 Å². The van der Waals surface area contributed by atoms with Crippen LogP contribution in [0.1, 0.15) is 0 Å². The quantitative estimate of drug-likeness (QED) is 0.378. The van der Waals surface area contributed by atoms with Crippen LogP contribution in [0.2, 0.25) is 0 Å². The molecule has 3 nitrogen and oxygen atoms in total. The van der Waals surface area contributed by atoms with Gasteiger partial charge in [-0.3, -0.25) is 4.79 Å². The van der Waals surface area contributed by atoms with E-state index in [4.69, 9.17) is 10.2 Å². The molecule has 0 spiro atoms. The highest BCUT2D eigenvalue weighted by atomic mass is 31.1. The Morgan fingerprint density at radius 3 is 2.57 bits per heavy atom. The van der Waals surface area contributed by atoms with Gasteiger partial charge in [0.05, 0.1) is 8.43 Å². The molecule has 0 rings (SSSR count). The molecule has 0 aliphatic rings. The Morgan fingerprint density at radius 1 is 2.00 bits per heavy atom. The van der Waals surface area contributed by atoms with E-state index in [1.165, 1.54) is 6.07 Å². The number of hydrogen-bond donors (Lipinski definition) is 1. The van der Waals surface area contributed by atoms with Crippen LogP contribution in [0.15, 0.2) is 0 Å². The van der Waals surface area contributed by atoms with Crippen LogP contribution in [0.25, 0.3) is 0 Å². The highest BCUT2D eigenvalue weighted by molar-refractivity contribution is 7.38. The molecule has 0 saturated heterocycles. The molecule has 0 aromatic carbocycles. The van der Waals surface area contributed by atoms with Crippen molar-refractivity contribution < 1.29 is 9.69 Å². The molecule has 0 unspecified atom stereocenters. The Morgan fingerprint density at radius 2 is 2.57 bits per heavy atom. The van der Waals surface area contributed by atoms with E-state index in [-0.39, 0.29) is 13.7 Å². The van der Waals surface area contributed by atoms with Gasteiger partial charge in [0.25, 0.3) is 0 Å². The first kappa shape index (κ1) is 6.29. The summed E-state index contributed by atoms with van der Waals surface area (Å²) in [4.78, 5) is 17.5. The van der Waals surface area contributed by atoms with Gasteiger partial charge in [-0.25, -0.2) is 0 Å². The first-order valence-corrected chi connectivity index (χ1v) is 2.27. The summed E-state index contributed by atoms with van der Waals surface area (Å²) in [5, 5.41) is 7.67. The molecule has 0 aliphatic carbocycles. The minimum absolute atomic E-state index is 0.167. The predicted octanol–water partition coefficient (Wildman–Crippen LogP) is -0.265. The Bertz CT molecular complexity index is 134. The molecule has 0 aliphatic heterocycles. The highest BCUT2D eigenvalue weighted by Gasteiger charge is 1.85. The maximum atomic E-state index is 9.54. The summed E-state index contributed by atoms with van der Waals surface area (Å²) in [6, 6.07) is 1.49. The van der Waals surface area contributed by atoms with Crippen LogP contribution < -0.4 is 0 Å². The minimum atomic E-state index is -0.253. The number of carbonyl (C=O) groups excluding carboxylic acids is 1. The van der Waals surface area contributed by atoms with E-state index in [0.717, 1.165) is 0 Å². The van der Waals surface area contributed by atoms with Crippen molar-refractivity contribution in [1.82, 2.24) is 0 Å². The average molecular weight is 115 g/mol. The second-order valence-corrected chi connectivity index (χ2v) is 1.40. The van der Waals surface area contributed by atoms with Crippen molar-refractivity contribution in [3.8, 4) is 6.07 Å². The molecule has 0 heterocycles. The van der Waals surface area contributed by atoms with E-state index < -0.39 is 0 Å². The summed E-state index contributed by atoms with van der Waals surface area (Å²) in [5.41, 5.74) is 0. The van der Waals surface area contributed by atoms with Crippen LogP contribution in [0, 0.1) is 11.3 Å². The smallest absolute Gasteiger partial charge is 0.167 e. The van der Waals surface area contributed by atoms with Gasteiger partial charge in [0.15, 0.2) is 6.29 Å². The normalized spacial score (nSPS) is 10.0. The highest BCUT2D eigenvalue weighted by Crippen LogP contribution is 1.84. The summed E-state index contributed by atoms with van der Waals surface area (Å²) < 4.78 is 0. The monoisotopic (exact) mass is 115 g/mol. The summed E-state index contributed by atoms with van der Waals surface area (Å²) >= 11 is 0. The third-order valence-corrected chi connectivity index (χ3v) is 0.755. The van der Waals surface area contributed by atoms with Gasteiger partial charge in [-0.2, -0.15) is 5.26 Å². The van der Waals surface area contributed by atoms with E-state index in [2.05, 4.69) is 0 Å². The number of hydrogen-bond acceptors (Lipinski definition) is 3. The van der Waals surface area contributed by atoms with E-state index in [0.29, 0.717) is 6.29 Å². The lowest BCUT2D eigenvalue weighted by molar-refractivity contribution is -0.102. The van der Waals surface area contributed by atoms with Crippen LogP contribution in [-0.4, -0.2) is 16.5 Å². The first-order valence-electron chi connectivity index (χ1n) is 1.42. The zero-order valence-electron chi connectivity index (χ0n) is 3.33. The van der Waals surface area contributed by atoms with Crippen LogP contribution in [0.5, 0.6) is 0 Å². The lowest BCUT2D eigenvalue weighted by Crippen LogP contribution is -1.87. The zero-order valence-corrected chi connectivity index (χ0v) is 4.22. The molecule has 7 heavy (non-hydrogen) atoms. The number of nitrogens with zero attached hydrogens (tertiary/aromatic N) is 1. The van der Waals surface area contributed by atoms with Crippen molar-refractivity contribution in [2.75, 3.05) is 0 Å². The molecule has 1 N–H and O–H groups in total. The number of carbonyl (C=O) groups is 1. The van der Waals surface area contributed by atoms with Gasteiger partial charge in [-0.05, 0) is 0 Å². The average Bonchev–Trinajstić information content (AvgIpc) is 1.72. The summed E-state index contributed by atoms with van der Waals surface area (Å²) in [5.74, 6) is 0. The zero-order chi connectivity index (χ0) is 5.70. The molecule has 0 bridgehead atoms. The number of nitriles is 1. The SMILES string of the molecule is N#CC(C=O)=PO. The summed E-state index contributed by atoms with van der Waals surface area (Å²) in [6.45, 7) is 0. The van der Waals surface area contributed by atoms with Crippen molar-refractivity contribution in [2.45, 2.75) is 0 Å². The number of rotatable bonds is 1. The molecule has 0 saturated carbocycles. The maximum Gasteiger partial charge on any atom is 0.167 e. The molecule has 0 amide bonds. The fourth-order valence-electron chi connectivity index (χ4n) is 0.0723. The third kappa shape index (κ3) is 2.05. The largest absolute Gasteiger partial charge is 0.340 e. The standard InChI is InChI=1S/C3H2NO2P/c4-1-3(2-5)7-6/h2,6H. The summed E-state index contributed by atoms with van der Waals surface area (Å²) in [7, 11) is -0.253. The van der Waals surface area contributed by atoms with Gasteiger partial charge < -0.3 is 4.89 Å². The molecule has 0 radical (unpaired) electrons. The van der Waals surface area contributed by atoms with Gasteiger partial charge in [-0.1, -0.05) is 0 Å². The topological polar surface area (TPSA) is 61.1 Å². The lowest BCUT2D eigenvalue weighted by atomic mass is 10.5. The molecule has 0 aromatic heterocycles. The Hall–Kier alpha value is -0.710. The summed E-state index contributed by atoms with van der Waals surface area (Å²) in [6.07, 6.45) is 0.321. The fraction of sp³-hybridized carbons (Fsp3) is 0. The second kappa shape index (κ2) is 3.48. The second-order valence-electron chi connectivity index (χ2n) is 0.715. The van der Waals surface area contributed by atoms with Crippen LogP contribution >= 0.6 is 8.43 Å². The maximum absolute atomic E-state index is 9.54. The van der Waals surface area contributed by atoms with Gasteiger partial charge in [0.1, 0.15) is 11.4 Å². The minimum Gasteiger partial charge on any atom is -0.340 e. The third-order valence-electron chi connectivity index (χ3n) is 0.334. The van der Waals surface area contributed by atoms with Crippen molar-refractivity contribution in [1.29, 1.82) is 5.26 Å². The van der Waals surface area contributed by atoms with Crippen LogP contribution in [0.4, 0.5) is 0 Å². The molecule has 4 heteroatoms.